The van der Waals surface area contributed by atoms with Gasteiger partial charge in [0.1, 0.15) is 11.5 Å². The molecule has 0 unspecified atom stereocenters. The number of carbonyl (C=O) groups is 3. The average Bonchev–Trinajstić information content (AvgIpc) is 3.15. The van der Waals surface area contributed by atoms with Gasteiger partial charge < -0.3 is 15.0 Å². The van der Waals surface area contributed by atoms with Gasteiger partial charge in [-0.15, -0.1) is 11.3 Å². The number of anilines is 1. The van der Waals surface area contributed by atoms with Crippen LogP contribution in [-0.4, -0.2) is 37.3 Å². The molecule has 7 heteroatoms. The fourth-order valence-electron chi connectivity index (χ4n) is 6.82. The molecule has 2 heterocycles. The Morgan fingerprint density at radius 2 is 1.75 bits per heavy atom. The van der Waals surface area contributed by atoms with Crippen molar-refractivity contribution in [1.82, 2.24) is 5.32 Å². The van der Waals surface area contributed by atoms with Crippen LogP contribution in [0.15, 0.2) is 42.5 Å². The van der Waals surface area contributed by atoms with E-state index in [-0.39, 0.29) is 29.2 Å². The lowest BCUT2D eigenvalue weighted by Crippen LogP contribution is -2.57. The summed E-state index contributed by atoms with van der Waals surface area (Å²) in [6.45, 7) is 6.57. The highest BCUT2D eigenvalue weighted by molar-refractivity contribution is 7.12. The molecule has 3 aromatic rings. The second-order valence-electron chi connectivity index (χ2n) is 12.0. The van der Waals surface area contributed by atoms with Gasteiger partial charge in [0, 0.05) is 46.4 Å². The Morgan fingerprint density at radius 3 is 2.35 bits per heavy atom. The number of aryl methyl sites for hydroxylation is 2. The molecule has 6 rings (SSSR count). The third-order valence-corrected chi connectivity index (χ3v) is 10.3. The van der Waals surface area contributed by atoms with E-state index >= 15 is 0 Å². The van der Waals surface area contributed by atoms with Crippen molar-refractivity contribution in [3.63, 3.8) is 0 Å². The lowest BCUT2D eigenvalue weighted by Gasteiger charge is -2.57. The summed E-state index contributed by atoms with van der Waals surface area (Å²) in [6, 6.07) is 14.6. The summed E-state index contributed by atoms with van der Waals surface area (Å²) in [4.78, 5) is 41.1. The molecule has 2 aromatic carbocycles. The zero-order valence-electron chi connectivity index (χ0n) is 23.6. The summed E-state index contributed by atoms with van der Waals surface area (Å²) in [7, 11) is 1.64. The van der Waals surface area contributed by atoms with Crippen molar-refractivity contribution in [2.75, 3.05) is 18.6 Å². The molecule has 1 aliphatic heterocycles. The van der Waals surface area contributed by atoms with Crippen LogP contribution in [0.2, 0.25) is 0 Å². The zero-order chi connectivity index (χ0) is 28.2. The number of hydrogen-bond acceptors (Lipinski definition) is 5. The lowest BCUT2D eigenvalue weighted by molar-refractivity contribution is -0.134. The van der Waals surface area contributed by atoms with Crippen LogP contribution in [0.3, 0.4) is 0 Å². The first kappa shape index (κ1) is 26.8. The van der Waals surface area contributed by atoms with Gasteiger partial charge in [-0.1, -0.05) is 24.3 Å². The maximum atomic E-state index is 13.4. The smallest absolute Gasteiger partial charge is 0.252 e. The summed E-state index contributed by atoms with van der Waals surface area (Å²) < 4.78 is 5.51. The van der Waals surface area contributed by atoms with Crippen molar-refractivity contribution in [2.45, 2.75) is 65.3 Å². The van der Waals surface area contributed by atoms with Gasteiger partial charge >= 0.3 is 0 Å². The summed E-state index contributed by atoms with van der Waals surface area (Å²) in [5.41, 5.74) is 6.27. The summed E-state index contributed by atoms with van der Waals surface area (Å²) in [5.74, 6) is 1.42. The van der Waals surface area contributed by atoms with E-state index in [2.05, 4.69) is 36.5 Å². The van der Waals surface area contributed by atoms with Crippen LogP contribution in [0.25, 0.3) is 11.1 Å². The minimum atomic E-state index is 0.0280. The standard InChI is InChI=1S/C33H36N2O4S/c1-19(36)25-15-33(16-25)17-26(18-33)34-32(38)31-21(3)40-20(2)29(31)11-22-5-7-23(8-6-22)24-12-27(14-28(13-24)39-4)35-10-9-30(35)37/h5-8,12-14,25-26H,9-11,15-18H2,1-4H3,(H,34,38). The van der Waals surface area contributed by atoms with Gasteiger partial charge in [-0.25, -0.2) is 0 Å². The predicted molar refractivity (Wildman–Crippen MR) is 158 cm³/mol. The maximum Gasteiger partial charge on any atom is 0.252 e. The van der Waals surface area contributed by atoms with E-state index in [0.29, 0.717) is 18.6 Å². The summed E-state index contributed by atoms with van der Waals surface area (Å²) >= 11 is 1.69. The quantitative estimate of drug-likeness (QED) is 0.333. The number of nitrogens with one attached hydrogen (secondary N) is 1. The third kappa shape index (κ3) is 4.85. The topological polar surface area (TPSA) is 75.7 Å². The van der Waals surface area contributed by atoms with Gasteiger partial charge in [-0.05, 0) is 92.7 Å². The second-order valence-corrected chi connectivity index (χ2v) is 13.4. The van der Waals surface area contributed by atoms with E-state index in [9.17, 15) is 14.4 Å². The number of hydrogen-bond donors (Lipinski definition) is 1. The Bertz CT molecular complexity index is 1490. The number of Topliss-reactive ketones (excluding diaryl/α,β-unsaturated/α-hetero) is 1. The summed E-state index contributed by atoms with van der Waals surface area (Å²) in [5, 5.41) is 3.29. The maximum absolute atomic E-state index is 13.4. The van der Waals surface area contributed by atoms with Gasteiger partial charge in [0.15, 0.2) is 0 Å². The number of nitrogens with zero attached hydrogens (tertiary/aromatic N) is 1. The van der Waals surface area contributed by atoms with Gasteiger partial charge in [0.05, 0.1) is 12.7 Å². The molecule has 208 valence electrons. The number of amides is 2. The molecule has 0 atom stereocenters. The van der Waals surface area contributed by atoms with Crippen molar-refractivity contribution in [3.05, 3.63) is 68.9 Å². The normalized spacial score (nSPS) is 23.3. The molecule has 2 aliphatic carbocycles. The molecule has 0 bridgehead atoms. The molecular formula is C33H36N2O4S. The number of carbonyl (C=O) groups excluding carboxylic acids is 3. The van der Waals surface area contributed by atoms with Crippen LogP contribution in [-0.2, 0) is 16.0 Å². The van der Waals surface area contributed by atoms with Crippen molar-refractivity contribution >= 4 is 34.6 Å². The molecule has 1 aromatic heterocycles. The molecule has 0 radical (unpaired) electrons. The molecule has 2 amide bonds. The highest BCUT2D eigenvalue weighted by atomic mass is 32.1. The SMILES string of the molecule is COc1cc(-c2ccc(Cc3c(C)sc(C)c3C(=O)NC3CC4(C3)CC(C(C)=O)C4)cc2)cc(N2CCC2=O)c1. The molecule has 2 saturated carbocycles. The Balaban J connectivity index is 1.15. The number of ether oxygens (including phenoxy) is 1. The third-order valence-electron chi connectivity index (χ3n) is 9.20. The lowest BCUT2D eigenvalue weighted by atomic mass is 9.49. The number of ketones is 1. The van der Waals surface area contributed by atoms with Crippen molar-refractivity contribution in [1.29, 1.82) is 0 Å². The van der Waals surface area contributed by atoms with Crippen LogP contribution in [0.4, 0.5) is 5.69 Å². The number of benzene rings is 2. The van der Waals surface area contributed by atoms with Crippen LogP contribution >= 0.6 is 11.3 Å². The minimum Gasteiger partial charge on any atom is -0.497 e. The fourth-order valence-corrected chi connectivity index (χ4v) is 7.90. The van der Waals surface area contributed by atoms with Gasteiger partial charge in [-0.3, -0.25) is 14.4 Å². The van der Waals surface area contributed by atoms with Crippen LogP contribution in [0.5, 0.6) is 5.75 Å². The van der Waals surface area contributed by atoms with Crippen molar-refractivity contribution in [2.24, 2.45) is 11.3 Å². The second kappa shape index (κ2) is 10.2. The molecule has 6 nitrogen and oxygen atoms in total. The molecular weight excluding hydrogens is 520 g/mol. The predicted octanol–water partition coefficient (Wildman–Crippen LogP) is 6.25. The highest BCUT2D eigenvalue weighted by Crippen LogP contribution is 2.59. The molecule has 1 N–H and O–H groups in total. The number of rotatable bonds is 8. The van der Waals surface area contributed by atoms with Crippen molar-refractivity contribution < 1.29 is 19.1 Å². The number of thiophene rings is 1. The first-order valence-electron chi connectivity index (χ1n) is 14.1. The monoisotopic (exact) mass is 556 g/mol. The van der Waals surface area contributed by atoms with Gasteiger partial charge in [0.25, 0.3) is 5.91 Å². The Hall–Kier alpha value is -3.45. The van der Waals surface area contributed by atoms with Crippen molar-refractivity contribution in [3.8, 4) is 16.9 Å². The van der Waals surface area contributed by atoms with E-state index in [1.54, 1.807) is 30.3 Å². The zero-order valence-corrected chi connectivity index (χ0v) is 24.5. The molecule has 3 aliphatic rings. The Kier molecular flexibility index (Phi) is 6.81. The summed E-state index contributed by atoms with van der Waals surface area (Å²) in [6.07, 6.45) is 5.23. The van der Waals surface area contributed by atoms with Gasteiger partial charge in [-0.2, -0.15) is 0 Å². The molecule has 1 saturated heterocycles. The average molecular weight is 557 g/mol. The largest absolute Gasteiger partial charge is 0.497 e. The number of β-lactam (4-membered cyclic amide) rings is 1. The van der Waals surface area contributed by atoms with Crippen LogP contribution < -0.4 is 15.0 Å². The minimum absolute atomic E-state index is 0.0280. The molecule has 3 fully saturated rings. The Morgan fingerprint density at radius 1 is 1.02 bits per heavy atom. The Labute approximate surface area is 239 Å². The van der Waals surface area contributed by atoms with E-state index in [4.69, 9.17) is 4.74 Å². The first-order chi connectivity index (χ1) is 19.1. The van der Waals surface area contributed by atoms with E-state index in [1.165, 1.54) is 4.88 Å². The van der Waals surface area contributed by atoms with Crippen LogP contribution in [0, 0.1) is 25.2 Å². The van der Waals surface area contributed by atoms with E-state index < -0.39 is 0 Å². The van der Waals surface area contributed by atoms with E-state index in [1.807, 2.05) is 25.1 Å². The number of methoxy groups -OCH3 is 1. The molecule has 40 heavy (non-hydrogen) atoms. The van der Waals surface area contributed by atoms with Crippen LogP contribution in [0.1, 0.15) is 70.3 Å². The first-order valence-corrected chi connectivity index (χ1v) is 15.0. The van der Waals surface area contributed by atoms with Gasteiger partial charge in [0.2, 0.25) is 5.91 Å². The highest BCUT2D eigenvalue weighted by Gasteiger charge is 2.54. The molecule has 1 spiro atoms. The van der Waals surface area contributed by atoms with E-state index in [0.717, 1.165) is 76.4 Å². The fraction of sp³-hybridized carbons (Fsp3) is 0.424.